The molecule has 1 aromatic carbocycles. The summed E-state index contributed by atoms with van der Waals surface area (Å²) in [6.07, 6.45) is 0. The fraction of sp³-hybridized carbons (Fsp3) is 0.250. The minimum atomic E-state index is -3.88. The number of hydrogen-bond acceptors (Lipinski definition) is 4. The predicted molar refractivity (Wildman–Crippen MR) is 108 cm³/mol. The van der Waals surface area contributed by atoms with Gasteiger partial charge < -0.3 is 4.57 Å². The van der Waals surface area contributed by atoms with Crippen molar-refractivity contribution in [2.24, 2.45) is 0 Å². The van der Waals surface area contributed by atoms with Gasteiger partial charge in [-0.2, -0.15) is 4.31 Å². The van der Waals surface area contributed by atoms with E-state index in [0.717, 1.165) is 27.8 Å². The van der Waals surface area contributed by atoms with E-state index in [9.17, 15) is 17.6 Å². The van der Waals surface area contributed by atoms with E-state index in [1.165, 1.54) is 24.1 Å². The lowest BCUT2D eigenvalue weighted by Crippen LogP contribution is -2.32. The third kappa shape index (κ3) is 4.09. The number of rotatable bonds is 7. The second-order valence-corrected chi connectivity index (χ2v) is 9.67. The Morgan fingerprint density at radius 2 is 1.86 bits per heavy atom. The Balaban J connectivity index is 1.80. The molecule has 0 spiro atoms. The standard InChI is InChI=1S/C20H21FN2O3S2/c1-14-11-19(15(2)23(14)12-17-5-4-10-27-17)20(24)13-22(3)28(25,26)18-8-6-16(21)7-9-18/h4-11H,12-13H2,1-3H3. The Hall–Kier alpha value is -2.29. The Kier molecular flexibility index (Phi) is 5.83. The molecule has 0 aliphatic rings. The lowest BCUT2D eigenvalue weighted by atomic mass is 10.1. The molecule has 3 rings (SSSR count). The van der Waals surface area contributed by atoms with Crippen LogP contribution in [0.5, 0.6) is 0 Å². The second-order valence-electron chi connectivity index (χ2n) is 6.59. The molecule has 2 heterocycles. The molecule has 148 valence electrons. The number of benzene rings is 1. The number of halogens is 1. The maximum absolute atomic E-state index is 13.1. The average Bonchev–Trinajstić information content (AvgIpc) is 3.25. The number of carbonyl (C=O) groups excluding carboxylic acids is 1. The SMILES string of the molecule is Cc1cc(C(=O)CN(C)S(=O)(=O)c2ccc(F)cc2)c(C)n1Cc1cccs1. The van der Waals surface area contributed by atoms with Gasteiger partial charge in [-0.05, 0) is 55.6 Å². The van der Waals surface area contributed by atoms with Crippen LogP contribution in [0.3, 0.4) is 0 Å². The first kappa shape index (κ1) is 20.4. The maximum atomic E-state index is 13.1. The lowest BCUT2D eigenvalue weighted by Gasteiger charge is -2.16. The molecular weight excluding hydrogens is 399 g/mol. The lowest BCUT2D eigenvalue weighted by molar-refractivity contribution is 0.0972. The minimum Gasteiger partial charge on any atom is -0.343 e. The van der Waals surface area contributed by atoms with E-state index in [0.29, 0.717) is 12.1 Å². The summed E-state index contributed by atoms with van der Waals surface area (Å²) in [5.41, 5.74) is 2.26. The number of aromatic nitrogens is 1. The molecule has 0 atom stereocenters. The number of Topliss-reactive ketones (excluding diaryl/α,β-unsaturated/α-hetero) is 1. The Morgan fingerprint density at radius 1 is 1.18 bits per heavy atom. The van der Waals surface area contributed by atoms with E-state index in [2.05, 4.69) is 0 Å². The monoisotopic (exact) mass is 420 g/mol. The van der Waals surface area contributed by atoms with Crippen LogP contribution in [0.4, 0.5) is 4.39 Å². The van der Waals surface area contributed by atoms with E-state index < -0.39 is 15.8 Å². The first-order chi connectivity index (χ1) is 13.2. The molecule has 0 radical (unpaired) electrons. The number of aryl methyl sites for hydroxylation is 1. The molecule has 28 heavy (non-hydrogen) atoms. The van der Waals surface area contributed by atoms with Crippen molar-refractivity contribution >= 4 is 27.1 Å². The summed E-state index contributed by atoms with van der Waals surface area (Å²) < 4.78 is 41.4. The smallest absolute Gasteiger partial charge is 0.243 e. The first-order valence-electron chi connectivity index (χ1n) is 8.64. The van der Waals surface area contributed by atoms with Crippen LogP contribution in [0.1, 0.15) is 26.6 Å². The molecule has 2 aromatic heterocycles. The van der Waals surface area contributed by atoms with Gasteiger partial charge in [-0.25, -0.2) is 12.8 Å². The Morgan fingerprint density at radius 3 is 2.46 bits per heavy atom. The van der Waals surface area contributed by atoms with Gasteiger partial charge in [0.15, 0.2) is 5.78 Å². The summed E-state index contributed by atoms with van der Waals surface area (Å²) >= 11 is 1.65. The molecular formula is C20H21FN2O3S2. The van der Waals surface area contributed by atoms with Crippen LogP contribution < -0.4 is 0 Å². The van der Waals surface area contributed by atoms with Crippen LogP contribution in [-0.2, 0) is 16.6 Å². The van der Waals surface area contributed by atoms with Crippen molar-refractivity contribution in [1.82, 2.24) is 8.87 Å². The van der Waals surface area contributed by atoms with Crippen LogP contribution in [0.15, 0.2) is 52.7 Å². The van der Waals surface area contributed by atoms with Gasteiger partial charge in [-0.1, -0.05) is 6.07 Å². The van der Waals surface area contributed by atoms with Gasteiger partial charge in [0.1, 0.15) is 5.82 Å². The van der Waals surface area contributed by atoms with Crippen molar-refractivity contribution in [3.05, 3.63) is 75.5 Å². The average molecular weight is 421 g/mol. The van der Waals surface area contributed by atoms with Crippen LogP contribution in [0, 0.1) is 19.7 Å². The molecule has 0 saturated heterocycles. The van der Waals surface area contributed by atoms with Gasteiger partial charge in [0.25, 0.3) is 0 Å². The van der Waals surface area contributed by atoms with Crippen molar-refractivity contribution in [2.75, 3.05) is 13.6 Å². The van der Waals surface area contributed by atoms with Gasteiger partial charge in [0, 0.05) is 28.9 Å². The summed E-state index contributed by atoms with van der Waals surface area (Å²) in [6, 6.07) is 10.4. The minimum absolute atomic E-state index is 0.0487. The van der Waals surface area contributed by atoms with Gasteiger partial charge in [-0.15, -0.1) is 11.3 Å². The van der Waals surface area contributed by atoms with Crippen molar-refractivity contribution in [3.63, 3.8) is 0 Å². The molecule has 0 saturated carbocycles. The number of carbonyl (C=O) groups is 1. The zero-order chi connectivity index (χ0) is 20.5. The molecule has 0 aliphatic carbocycles. The molecule has 8 heteroatoms. The molecule has 0 bridgehead atoms. The van der Waals surface area contributed by atoms with E-state index in [4.69, 9.17) is 0 Å². The zero-order valence-corrected chi connectivity index (χ0v) is 17.5. The number of thiophene rings is 1. The third-order valence-electron chi connectivity index (χ3n) is 4.66. The first-order valence-corrected chi connectivity index (χ1v) is 11.0. The highest BCUT2D eigenvalue weighted by atomic mass is 32.2. The van der Waals surface area contributed by atoms with Crippen molar-refractivity contribution in [2.45, 2.75) is 25.3 Å². The second kappa shape index (κ2) is 7.98. The maximum Gasteiger partial charge on any atom is 0.243 e. The summed E-state index contributed by atoms with van der Waals surface area (Å²) in [4.78, 5) is 13.9. The highest BCUT2D eigenvalue weighted by Crippen LogP contribution is 2.21. The molecule has 0 N–H and O–H groups in total. The van der Waals surface area contributed by atoms with E-state index >= 15 is 0 Å². The van der Waals surface area contributed by atoms with Crippen LogP contribution in [0.2, 0.25) is 0 Å². The summed E-state index contributed by atoms with van der Waals surface area (Å²) in [6.45, 7) is 4.17. The van der Waals surface area contributed by atoms with Crippen molar-refractivity contribution in [1.29, 1.82) is 0 Å². The Bertz CT molecular complexity index is 1090. The van der Waals surface area contributed by atoms with Crippen molar-refractivity contribution < 1.29 is 17.6 Å². The number of likely N-dealkylation sites (N-methyl/N-ethyl adjacent to an activating group) is 1. The number of sulfonamides is 1. The quantitative estimate of drug-likeness (QED) is 0.546. The van der Waals surface area contributed by atoms with Crippen LogP contribution in [-0.4, -0.2) is 36.7 Å². The number of hydrogen-bond donors (Lipinski definition) is 0. The van der Waals surface area contributed by atoms with Gasteiger partial charge in [0.05, 0.1) is 18.0 Å². The topological polar surface area (TPSA) is 59.4 Å². The van der Waals surface area contributed by atoms with Crippen molar-refractivity contribution in [3.8, 4) is 0 Å². The molecule has 0 unspecified atom stereocenters. The predicted octanol–water partition coefficient (Wildman–Crippen LogP) is 3.86. The van der Waals surface area contributed by atoms with E-state index in [1.54, 1.807) is 17.4 Å². The summed E-state index contributed by atoms with van der Waals surface area (Å²) in [5, 5.41) is 2.00. The zero-order valence-electron chi connectivity index (χ0n) is 15.8. The van der Waals surface area contributed by atoms with Crippen LogP contribution >= 0.6 is 11.3 Å². The van der Waals surface area contributed by atoms with E-state index in [1.807, 2.05) is 35.9 Å². The largest absolute Gasteiger partial charge is 0.343 e. The van der Waals surface area contributed by atoms with Gasteiger partial charge in [0.2, 0.25) is 10.0 Å². The summed E-state index contributed by atoms with van der Waals surface area (Å²) in [7, 11) is -2.53. The number of nitrogens with zero attached hydrogens (tertiary/aromatic N) is 2. The number of ketones is 1. The fourth-order valence-electron chi connectivity index (χ4n) is 3.04. The Labute approximate surface area is 168 Å². The highest BCUT2D eigenvalue weighted by Gasteiger charge is 2.25. The molecule has 3 aromatic rings. The molecule has 0 amide bonds. The van der Waals surface area contributed by atoms with Gasteiger partial charge >= 0.3 is 0 Å². The third-order valence-corrected chi connectivity index (χ3v) is 7.33. The normalized spacial score (nSPS) is 11.9. The summed E-state index contributed by atoms with van der Waals surface area (Å²) in [5.74, 6) is -0.797. The van der Waals surface area contributed by atoms with Gasteiger partial charge in [-0.3, -0.25) is 4.79 Å². The highest BCUT2D eigenvalue weighted by molar-refractivity contribution is 7.89. The molecule has 0 aliphatic heterocycles. The van der Waals surface area contributed by atoms with Crippen LogP contribution in [0.25, 0.3) is 0 Å². The fourth-order valence-corrected chi connectivity index (χ4v) is 4.86. The van der Waals surface area contributed by atoms with E-state index in [-0.39, 0.29) is 17.2 Å². The molecule has 5 nitrogen and oxygen atoms in total. The molecule has 0 fully saturated rings.